The molecule has 10 nitrogen and oxygen atoms in total. The van der Waals surface area contributed by atoms with Crippen LogP contribution in [-0.2, 0) is 19.6 Å². The van der Waals surface area contributed by atoms with Gasteiger partial charge in [-0.25, -0.2) is 8.42 Å². The van der Waals surface area contributed by atoms with Crippen LogP contribution < -0.4 is 15.0 Å². The number of fused-ring (bicyclic) bond motifs is 2. The van der Waals surface area contributed by atoms with Crippen molar-refractivity contribution in [2.45, 2.75) is 37.6 Å². The van der Waals surface area contributed by atoms with E-state index >= 15 is 0 Å². The third-order valence-electron chi connectivity index (χ3n) is 6.72. The summed E-state index contributed by atoms with van der Waals surface area (Å²) in [6, 6.07) is 9.46. The van der Waals surface area contributed by atoms with Crippen molar-refractivity contribution in [2.75, 3.05) is 49.7 Å². The minimum atomic E-state index is -3.93. The number of carbonyl (C=O) groups is 1. The Morgan fingerprint density at radius 1 is 1.22 bits per heavy atom. The molecular weight excluding hydrogens is 482 g/mol. The van der Waals surface area contributed by atoms with Gasteiger partial charge in [-0.05, 0) is 49.6 Å². The number of ether oxygens (including phenoxy) is 2. The molecule has 0 saturated carbocycles. The third kappa shape index (κ3) is 4.78. The van der Waals surface area contributed by atoms with Crippen molar-refractivity contribution < 1.29 is 22.7 Å². The largest absolute Gasteiger partial charge is 0.489 e. The Morgan fingerprint density at radius 2 is 2.03 bits per heavy atom. The van der Waals surface area contributed by atoms with Gasteiger partial charge in [0.1, 0.15) is 17.3 Å². The van der Waals surface area contributed by atoms with Gasteiger partial charge in [0.05, 0.1) is 30.5 Å². The van der Waals surface area contributed by atoms with Gasteiger partial charge in [0, 0.05) is 42.9 Å². The predicted molar refractivity (Wildman–Crippen MR) is 137 cm³/mol. The molecule has 0 aliphatic carbocycles. The number of rotatable bonds is 7. The minimum absolute atomic E-state index is 0.111. The number of aromatic nitrogens is 2. The number of amides is 1. The number of likely N-dealkylation sites (N-methyl/N-ethyl adjacent to an activating group) is 1. The van der Waals surface area contributed by atoms with Gasteiger partial charge in [-0.1, -0.05) is 6.92 Å². The number of nitrogens with zero attached hydrogens (tertiary/aromatic N) is 3. The van der Waals surface area contributed by atoms with Crippen LogP contribution in [0.2, 0.25) is 0 Å². The molecule has 1 amide bonds. The van der Waals surface area contributed by atoms with Crippen molar-refractivity contribution in [1.82, 2.24) is 14.5 Å². The molecule has 3 heterocycles. The lowest BCUT2D eigenvalue weighted by molar-refractivity contribution is -0.116. The molecular formula is C25H31N5O5S. The monoisotopic (exact) mass is 513 g/mol. The molecule has 0 unspecified atom stereocenters. The van der Waals surface area contributed by atoms with E-state index in [0.717, 1.165) is 43.9 Å². The number of nitrogens with one attached hydrogen (secondary N) is 2. The van der Waals surface area contributed by atoms with E-state index in [1.54, 1.807) is 25.3 Å². The first-order valence-corrected chi connectivity index (χ1v) is 13.7. The first-order valence-electron chi connectivity index (χ1n) is 12.2. The summed E-state index contributed by atoms with van der Waals surface area (Å²) in [7, 11) is -3.93. The molecule has 1 saturated heterocycles. The summed E-state index contributed by atoms with van der Waals surface area (Å²) in [6.07, 6.45) is 3.54. The number of aryl methyl sites for hydroxylation is 1. The number of hydrogen-bond donors (Lipinski definition) is 2. The van der Waals surface area contributed by atoms with Crippen LogP contribution in [0, 0.1) is 6.92 Å². The Bertz CT molecular complexity index is 1370. The maximum Gasteiger partial charge on any atom is 0.245 e. The number of H-pyrrole nitrogens is 1. The van der Waals surface area contributed by atoms with Crippen LogP contribution in [0.4, 0.5) is 11.4 Å². The third-order valence-corrected chi connectivity index (χ3v) is 8.67. The van der Waals surface area contributed by atoms with E-state index in [2.05, 4.69) is 20.4 Å². The van der Waals surface area contributed by atoms with E-state index in [0.29, 0.717) is 35.0 Å². The van der Waals surface area contributed by atoms with Crippen LogP contribution >= 0.6 is 0 Å². The number of benzene rings is 2. The Balaban J connectivity index is 1.31. The first-order chi connectivity index (χ1) is 17.4. The maximum atomic E-state index is 13.5. The van der Waals surface area contributed by atoms with E-state index < -0.39 is 15.9 Å². The molecule has 3 aromatic rings. The standard InChI is InChI=1S/C25H31N5O5S/c1-3-29(36(32,33)23-13-17(2)12-18-15-26-28-25(18)23)16-24(31)27-19-4-5-21-22(14-19)35-11-8-30(21)20-6-9-34-10-7-20/h4-5,12-15,20H,3,6-11,16H2,1-2H3,(H,26,28)(H,27,31). The Morgan fingerprint density at radius 3 is 2.81 bits per heavy atom. The highest BCUT2D eigenvalue weighted by atomic mass is 32.2. The molecule has 2 N–H and O–H groups in total. The smallest absolute Gasteiger partial charge is 0.245 e. The Kier molecular flexibility index (Phi) is 6.87. The molecule has 11 heteroatoms. The van der Waals surface area contributed by atoms with Gasteiger partial charge in [0.25, 0.3) is 0 Å². The highest BCUT2D eigenvalue weighted by molar-refractivity contribution is 7.89. The molecule has 2 aromatic carbocycles. The summed E-state index contributed by atoms with van der Waals surface area (Å²) in [4.78, 5) is 15.4. The normalized spacial score (nSPS) is 16.7. The summed E-state index contributed by atoms with van der Waals surface area (Å²) in [5, 5.41) is 10.3. The lowest BCUT2D eigenvalue weighted by Crippen LogP contribution is -2.44. The van der Waals surface area contributed by atoms with Crippen LogP contribution in [0.3, 0.4) is 0 Å². The lowest BCUT2D eigenvalue weighted by atomic mass is 10.0. The second-order valence-electron chi connectivity index (χ2n) is 9.14. The van der Waals surface area contributed by atoms with Gasteiger partial charge in [-0.15, -0.1) is 0 Å². The van der Waals surface area contributed by atoms with E-state index in [1.165, 1.54) is 4.31 Å². The van der Waals surface area contributed by atoms with Gasteiger partial charge in [-0.2, -0.15) is 9.40 Å². The number of anilines is 2. The Hall–Kier alpha value is -3.15. The van der Waals surface area contributed by atoms with Crippen molar-refractivity contribution in [3.63, 3.8) is 0 Å². The minimum Gasteiger partial charge on any atom is -0.489 e. The van der Waals surface area contributed by atoms with E-state index in [4.69, 9.17) is 9.47 Å². The summed E-state index contributed by atoms with van der Waals surface area (Å²) < 4.78 is 39.5. The molecule has 192 valence electrons. The fourth-order valence-corrected chi connectivity index (χ4v) is 6.59. The van der Waals surface area contributed by atoms with Gasteiger partial charge >= 0.3 is 0 Å². The van der Waals surface area contributed by atoms with Crippen molar-refractivity contribution in [3.05, 3.63) is 42.1 Å². The molecule has 0 spiro atoms. The molecule has 0 atom stereocenters. The summed E-state index contributed by atoms with van der Waals surface area (Å²) in [5.74, 6) is 0.290. The average Bonchev–Trinajstić information content (AvgIpc) is 3.35. The van der Waals surface area contributed by atoms with Crippen molar-refractivity contribution in [2.24, 2.45) is 0 Å². The van der Waals surface area contributed by atoms with Crippen molar-refractivity contribution in [1.29, 1.82) is 0 Å². The molecule has 2 aliphatic heterocycles. The average molecular weight is 514 g/mol. The van der Waals surface area contributed by atoms with Crippen LogP contribution in [-0.4, -0.2) is 74.3 Å². The first kappa shape index (κ1) is 24.5. The van der Waals surface area contributed by atoms with E-state index in [9.17, 15) is 13.2 Å². The Labute approximate surface area is 210 Å². The molecule has 36 heavy (non-hydrogen) atoms. The zero-order chi connectivity index (χ0) is 25.3. The zero-order valence-electron chi connectivity index (χ0n) is 20.5. The highest BCUT2D eigenvalue weighted by Crippen LogP contribution is 2.37. The quantitative estimate of drug-likeness (QED) is 0.499. The second kappa shape index (κ2) is 10.1. The molecule has 0 bridgehead atoms. The predicted octanol–water partition coefficient (Wildman–Crippen LogP) is 2.90. The zero-order valence-corrected chi connectivity index (χ0v) is 21.3. The molecule has 2 aliphatic rings. The number of aromatic amines is 1. The summed E-state index contributed by atoms with van der Waals surface area (Å²) >= 11 is 0. The highest BCUT2D eigenvalue weighted by Gasteiger charge is 2.29. The molecule has 0 radical (unpaired) electrons. The number of hydrogen-bond acceptors (Lipinski definition) is 7. The summed E-state index contributed by atoms with van der Waals surface area (Å²) in [6.45, 7) is 6.28. The fraction of sp³-hybridized carbons (Fsp3) is 0.440. The van der Waals surface area contributed by atoms with E-state index in [1.807, 2.05) is 25.1 Å². The molecule has 1 fully saturated rings. The van der Waals surface area contributed by atoms with Gasteiger partial charge in [0.2, 0.25) is 15.9 Å². The molecule has 5 rings (SSSR count). The second-order valence-corrected chi connectivity index (χ2v) is 11.1. The van der Waals surface area contributed by atoms with Gasteiger partial charge in [0.15, 0.2) is 0 Å². The van der Waals surface area contributed by atoms with Crippen LogP contribution in [0.5, 0.6) is 5.75 Å². The fourth-order valence-electron chi connectivity index (χ4n) is 4.93. The topological polar surface area (TPSA) is 117 Å². The maximum absolute atomic E-state index is 13.5. The lowest BCUT2D eigenvalue weighted by Gasteiger charge is -2.39. The molecule has 1 aromatic heterocycles. The summed E-state index contributed by atoms with van der Waals surface area (Å²) in [5.41, 5.74) is 2.80. The van der Waals surface area contributed by atoms with Crippen LogP contribution in [0.1, 0.15) is 25.3 Å². The van der Waals surface area contributed by atoms with Gasteiger partial charge in [-0.3, -0.25) is 9.89 Å². The number of carbonyl (C=O) groups excluding carboxylic acids is 1. The van der Waals surface area contributed by atoms with Crippen LogP contribution in [0.25, 0.3) is 10.9 Å². The van der Waals surface area contributed by atoms with Gasteiger partial charge < -0.3 is 19.7 Å². The van der Waals surface area contributed by atoms with Crippen LogP contribution in [0.15, 0.2) is 41.4 Å². The number of sulfonamides is 1. The van der Waals surface area contributed by atoms with Crippen molar-refractivity contribution in [3.8, 4) is 5.75 Å². The SMILES string of the molecule is CCN(CC(=O)Nc1ccc2c(c1)OCCN2C1CCOCC1)S(=O)(=O)c1cc(C)cc2cn[nH]c12. The van der Waals surface area contributed by atoms with Crippen molar-refractivity contribution >= 4 is 38.2 Å². The van der Waals surface area contributed by atoms with E-state index in [-0.39, 0.29) is 18.0 Å².